The number of carbonyl (C=O) groups is 1. The molecule has 22 heavy (non-hydrogen) atoms. The number of hydrogen-bond acceptors (Lipinski definition) is 4. The molecule has 0 aliphatic carbocycles. The summed E-state index contributed by atoms with van der Waals surface area (Å²) < 4.78 is 13.0. The van der Waals surface area contributed by atoms with E-state index in [1.54, 1.807) is 18.3 Å². The summed E-state index contributed by atoms with van der Waals surface area (Å²) in [5.41, 5.74) is 2.67. The molecule has 1 aliphatic heterocycles. The van der Waals surface area contributed by atoms with E-state index in [0.717, 1.165) is 23.4 Å². The Bertz CT molecular complexity index is 656. The largest absolute Gasteiger partial charge is 0.480 e. The van der Waals surface area contributed by atoms with E-state index in [9.17, 15) is 9.18 Å². The standard InChI is InChI=1S/C15H17FN4O2/c16-12-3-1-10(2-4-12)14-11(7-18-19-14)8-20-6-5-17-13(9-20)15(21)22/h1-4,7,13,17H,5-6,8-9H2,(H,18,19)(H,21,22). The molecule has 7 heteroatoms. The normalized spacial score (nSPS) is 19.2. The first-order chi connectivity index (χ1) is 10.6. The molecule has 6 nitrogen and oxygen atoms in total. The lowest BCUT2D eigenvalue weighted by molar-refractivity contribution is -0.140. The number of aromatic amines is 1. The van der Waals surface area contributed by atoms with Gasteiger partial charge in [0.2, 0.25) is 0 Å². The third-order valence-corrected chi connectivity index (χ3v) is 3.80. The molecule has 3 N–H and O–H groups in total. The van der Waals surface area contributed by atoms with Gasteiger partial charge in [-0.25, -0.2) is 4.39 Å². The molecule has 3 rings (SSSR count). The maximum absolute atomic E-state index is 13.0. The third-order valence-electron chi connectivity index (χ3n) is 3.80. The SMILES string of the molecule is O=C(O)C1CN(Cc2cn[nH]c2-c2ccc(F)cc2)CCN1. The van der Waals surface area contributed by atoms with Gasteiger partial charge in [0, 0.05) is 37.3 Å². The van der Waals surface area contributed by atoms with Crippen LogP contribution >= 0.6 is 0 Å². The molecule has 0 amide bonds. The number of nitrogens with zero attached hydrogens (tertiary/aromatic N) is 2. The van der Waals surface area contributed by atoms with E-state index in [0.29, 0.717) is 19.6 Å². The van der Waals surface area contributed by atoms with Gasteiger partial charge in [0.15, 0.2) is 0 Å². The van der Waals surface area contributed by atoms with E-state index < -0.39 is 12.0 Å². The highest BCUT2D eigenvalue weighted by atomic mass is 19.1. The zero-order valence-corrected chi connectivity index (χ0v) is 11.9. The summed E-state index contributed by atoms with van der Waals surface area (Å²) in [6.07, 6.45) is 1.73. The number of H-pyrrole nitrogens is 1. The molecule has 0 radical (unpaired) electrons. The van der Waals surface area contributed by atoms with Crippen molar-refractivity contribution < 1.29 is 14.3 Å². The number of hydrogen-bond donors (Lipinski definition) is 3. The van der Waals surface area contributed by atoms with Gasteiger partial charge in [0.1, 0.15) is 11.9 Å². The molecule has 1 fully saturated rings. The van der Waals surface area contributed by atoms with Gasteiger partial charge >= 0.3 is 5.97 Å². The fraction of sp³-hybridized carbons (Fsp3) is 0.333. The summed E-state index contributed by atoms with van der Waals surface area (Å²) >= 11 is 0. The number of carboxylic acids is 1. The smallest absolute Gasteiger partial charge is 0.322 e. The van der Waals surface area contributed by atoms with E-state index >= 15 is 0 Å². The molecule has 1 saturated heterocycles. The van der Waals surface area contributed by atoms with Gasteiger partial charge in [0.05, 0.1) is 11.9 Å². The number of aromatic nitrogens is 2. The fourth-order valence-electron chi connectivity index (χ4n) is 2.66. The molecule has 0 bridgehead atoms. The lowest BCUT2D eigenvalue weighted by Gasteiger charge is -2.31. The highest BCUT2D eigenvalue weighted by Gasteiger charge is 2.25. The summed E-state index contributed by atoms with van der Waals surface area (Å²) in [7, 11) is 0. The quantitative estimate of drug-likeness (QED) is 0.787. The minimum atomic E-state index is -0.837. The Morgan fingerprint density at radius 2 is 2.18 bits per heavy atom. The first-order valence-electron chi connectivity index (χ1n) is 7.10. The van der Waals surface area contributed by atoms with Crippen molar-refractivity contribution in [2.75, 3.05) is 19.6 Å². The summed E-state index contributed by atoms with van der Waals surface area (Å²) in [6.45, 7) is 2.47. The van der Waals surface area contributed by atoms with Crippen LogP contribution < -0.4 is 5.32 Å². The molecule has 1 aromatic heterocycles. The molecule has 2 heterocycles. The number of rotatable bonds is 4. The van der Waals surface area contributed by atoms with Crippen LogP contribution in [-0.2, 0) is 11.3 Å². The van der Waals surface area contributed by atoms with Crippen molar-refractivity contribution in [1.29, 1.82) is 0 Å². The zero-order valence-electron chi connectivity index (χ0n) is 11.9. The number of nitrogens with one attached hydrogen (secondary N) is 2. The first kappa shape index (κ1) is 14.7. The lowest BCUT2D eigenvalue weighted by atomic mass is 10.1. The van der Waals surface area contributed by atoms with Crippen molar-refractivity contribution >= 4 is 5.97 Å². The van der Waals surface area contributed by atoms with E-state index in [-0.39, 0.29) is 5.82 Å². The highest BCUT2D eigenvalue weighted by molar-refractivity contribution is 5.73. The van der Waals surface area contributed by atoms with Crippen LogP contribution in [-0.4, -0.2) is 51.8 Å². The summed E-state index contributed by atoms with van der Waals surface area (Å²) in [4.78, 5) is 13.2. The van der Waals surface area contributed by atoms with Crippen LogP contribution in [0.1, 0.15) is 5.56 Å². The summed E-state index contributed by atoms with van der Waals surface area (Å²) in [6, 6.07) is 5.67. The first-order valence-corrected chi connectivity index (χ1v) is 7.10. The van der Waals surface area contributed by atoms with Crippen LogP contribution in [0.4, 0.5) is 4.39 Å². The topological polar surface area (TPSA) is 81.2 Å². The van der Waals surface area contributed by atoms with Gasteiger partial charge in [-0.1, -0.05) is 0 Å². The van der Waals surface area contributed by atoms with Gasteiger partial charge in [-0.15, -0.1) is 0 Å². The number of carboxylic acid groups (broad SMARTS) is 1. The average Bonchev–Trinajstić information content (AvgIpc) is 2.96. The summed E-state index contributed by atoms with van der Waals surface area (Å²) in [5.74, 6) is -1.12. The Morgan fingerprint density at radius 1 is 1.41 bits per heavy atom. The van der Waals surface area contributed by atoms with Crippen molar-refractivity contribution in [2.45, 2.75) is 12.6 Å². The Labute approximate surface area is 127 Å². The second kappa shape index (κ2) is 6.25. The number of benzene rings is 1. The van der Waals surface area contributed by atoms with E-state index in [4.69, 9.17) is 5.11 Å². The molecule has 2 aromatic rings. The third kappa shape index (κ3) is 3.15. The number of halogens is 1. The van der Waals surface area contributed by atoms with Crippen LogP contribution in [0.3, 0.4) is 0 Å². The van der Waals surface area contributed by atoms with Crippen molar-refractivity contribution in [3.05, 3.63) is 41.8 Å². The van der Waals surface area contributed by atoms with Crippen LogP contribution in [0, 0.1) is 5.82 Å². The second-order valence-corrected chi connectivity index (χ2v) is 5.36. The zero-order chi connectivity index (χ0) is 15.5. The molecule has 0 spiro atoms. The molecular weight excluding hydrogens is 287 g/mol. The molecule has 1 atom stereocenters. The molecule has 1 unspecified atom stereocenters. The monoisotopic (exact) mass is 304 g/mol. The van der Waals surface area contributed by atoms with E-state index in [1.807, 2.05) is 0 Å². The average molecular weight is 304 g/mol. The van der Waals surface area contributed by atoms with Crippen molar-refractivity contribution in [2.24, 2.45) is 0 Å². The van der Waals surface area contributed by atoms with Crippen LogP contribution in [0.2, 0.25) is 0 Å². The number of aliphatic carboxylic acids is 1. The maximum Gasteiger partial charge on any atom is 0.322 e. The van der Waals surface area contributed by atoms with Crippen LogP contribution in [0.25, 0.3) is 11.3 Å². The van der Waals surface area contributed by atoms with Gasteiger partial charge in [0.25, 0.3) is 0 Å². The molecular formula is C15H17FN4O2. The molecule has 1 aromatic carbocycles. The highest BCUT2D eigenvalue weighted by Crippen LogP contribution is 2.22. The Hall–Kier alpha value is -2.25. The van der Waals surface area contributed by atoms with Crippen molar-refractivity contribution in [3.8, 4) is 11.3 Å². The maximum atomic E-state index is 13.0. The van der Waals surface area contributed by atoms with Crippen LogP contribution in [0.15, 0.2) is 30.5 Å². The van der Waals surface area contributed by atoms with Crippen molar-refractivity contribution in [3.63, 3.8) is 0 Å². The van der Waals surface area contributed by atoms with E-state index in [1.165, 1.54) is 12.1 Å². The second-order valence-electron chi connectivity index (χ2n) is 5.36. The fourth-order valence-corrected chi connectivity index (χ4v) is 2.66. The van der Waals surface area contributed by atoms with Crippen LogP contribution in [0.5, 0.6) is 0 Å². The van der Waals surface area contributed by atoms with Gasteiger partial charge in [-0.05, 0) is 24.3 Å². The predicted octanol–water partition coefficient (Wildman–Crippen LogP) is 1.07. The number of piperazine rings is 1. The Balaban J connectivity index is 1.75. The Morgan fingerprint density at radius 3 is 2.91 bits per heavy atom. The minimum Gasteiger partial charge on any atom is -0.480 e. The molecule has 1 aliphatic rings. The van der Waals surface area contributed by atoms with Gasteiger partial charge in [-0.2, -0.15) is 5.10 Å². The van der Waals surface area contributed by atoms with Crippen molar-refractivity contribution in [1.82, 2.24) is 20.4 Å². The predicted molar refractivity (Wildman–Crippen MR) is 78.7 cm³/mol. The molecule has 116 valence electrons. The van der Waals surface area contributed by atoms with Gasteiger partial charge in [-0.3, -0.25) is 14.8 Å². The Kier molecular flexibility index (Phi) is 4.17. The minimum absolute atomic E-state index is 0.281. The van der Waals surface area contributed by atoms with E-state index in [2.05, 4.69) is 20.4 Å². The lowest BCUT2D eigenvalue weighted by Crippen LogP contribution is -2.53. The molecule has 0 saturated carbocycles. The van der Waals surface area contributed by atoms with Gasteiger partial charge < -0.3 is 10.4 Å². The summed E-state index contributed by atoms with van der Waals surface area (Å²) in [5, 5.41) is 19.1.